The van der Waals surface area contributed by atoms with Crippen molar-refractivity contribution in [3.63, 3.8) is 0 Å². The summed E-state index contributed by atoms with van der Waals surface area (Å²) < 4.78 is 13.2. The second-order valence-corrected chi connectivity index (χ2v) is 5.29. The van der Waals surface area contributed by atoms with Crippen LogP contribution in [-0.2, 0) is 16.9 Å². The lowest BCUT2D eigenvalue weighted by molar-refractivity contribution is -0.144. The molecule has 0 saturated carbocycles. The fraction of sp³-hybridized carbons (Fsp3) is 0.231. The number of carbonyl (C=O) groups is 1. The number of rotatable bonds is 5. The predicted molar refractivity (Wildman–Crippen MR) is 70.3 cm³/mol. The normalized spacial score (nSPS) is 14.0. The lowest BCUT2D eigenvalue weighted by Crippen LogP contribution is -2.46. The van der Waals surface area contributed by atoms with Gasteiger partial charge in [-0.3, -0.25) is 10.3 Å². The molecule has 100 valence electrons. The molecule has 0 aliphatic heterocycles. The number of nitrogens with one attached hydrogen (secondary N) is 1. The Hall–Kier alpha value is -1.79. The third-order valence-electron chi connectivity index (χ3n) is 2.91. The van der Waals surface area contributed by atoms with E-state index in [1.165, 1.54) is 30.5 Å². The molecular formula is C13H13FN2O2S. The number of thiophene rings is 1. The van der Waals surface area contributed by atoms with Gasteiger partial charge < -0.3 is 5.11 Å². The Balaban J connectivity index is 2.24. The van der Waals surface area contributed by atoms with Crippen LogP contribution >= 0.6 is 11.3 Å². The molecule has 1 atom stereocenters. The Morgan fingerprint density at radius 3 is 2.95 bits per heavy atom. The summed E-state index contributed by atoms with van der Waals surface area (Å²) in [5.74, 6) is -1.63. The minimum atomic E-state index is -1.38. The van der Waals surface area contributed by atoms with E-state index in [1.807, 2.05) is 17.5 Å². The summed E-state index contributed by atoms with van der Waals surface area (Å²) in [5.41, 5.74) is -1.09. The van der Waals surface area contributed by atoms with Crippen molar-refractivity contribution in [1.82, 2.24) is 10.3 Å². The van der Waals surface area contributed by atoms with Crippen LogP contribution < -0.4 is 5.32 Å². The molecule has 0 fully saturated rings. The van der Waals surface area contributed by atoms with Gasteiger partial charge in [-0.2, -0.15) is 0 Å². The summed E-state index contributed by atoms with van der Waals surface area (Å²) in [6, 6.07) is 4.98. The molecule has 2 heterocycles. The maximum absolute atomic E-state index is 13.2. The first kappa shape index (κ1) is 13.6. The topological polar surface area (TPSA) is 62.2 Å². The van der Waals surface area contributed by atoms with Crippen LogP contribution in [0.2, 0.25) is 0 Å². The molecule has 0 amide bonds. The number of hydrogen-bond acceptors (Lipinski definition) is 4. The maximum atomic E-state index is 13.2. The SMILES string of the molecule is CC(NCc1cccs1)(C(=O)O)c1cncc(F)c1. The number of aliphatic carboxylic acids is 1. The summed E-state index contributed by atoms with van der Waals surface area (Å²) in [7, 11) is 0. The predicted octanol–water partition coefficient (Wildman–Crippen LogP) is 2.37. The Morgan fingerprint density at radius 2 is 2.37 bits per heavy atom. The number of carboxylic acid groups (broad SMARTS) is 1. The van der Waals surface area contributed by atoms with Crippen LogP contribution in [0.15, 0.2) is 36.0 Å². The van der Waals surface area contributed by atoms with E-state index >= 15 is 0 Å². The van der Waals surface area contributed by atoms with E-state index in [4.69, 9.17) is 0 Å². The van der Waals surface area contributed by atoms with Crippen LogP contribution in [0.3, 0.4) is 0 Å². The number of hydrogen-bond donors (Lipinski definition) is 2. The Morgan fingerprint density at radius 1 is 1.58 bits per heavy atom. The van der Waals surface area contributed by atoms with E-state index in [9.17, 15) is 14.3 Å². The third kappa shape index (κ3) is 2.97. The van der Waals surface area contributed by atoms with Crippen LogP contribution in [0.4, 0.5) is 4.39 Å². The molecule has 0 aromatic carbocycles. The van der Waals surface area contributed by atoms with Gasteiger partial charge in [-0.05, 0) is 24.4 Å². The van der Waals surface area contributed by atoms with Crippen LogP contribution in [-0.4, -0.2) is 16.1 Å². The van der Waals surface area contributed by atoms with Gasteiger partial charge in [0, 0.05) is 23.2 Å². The van der Waals surface area contributed by atoms with Crippen molar-refractivity contribution in [3.8, 4) is 0 Å². The van der Waals surface area contributed by atoms with Crippen LogP contribution in [0.5, 0.6) is 0 Å². The molecule has 4 nitrogen and oxygen atoms in total. The molecule has 0 aliphatic carbocycles. The molecule has 19 heavy (non-hydrogen) atoms. The van der Waals surface area contributed by atoms with Gasteiger partial charge in [0.25, 0.3) is 0 Å². The van der Waals surface area contributed by atoms with Crippen molar-refractivity contribution >= 4 is 17.3 Å². The van der Waals surface area contributed by atoms with Gasteiger partial charge in [0.05, 0.1) is 6.20 Å². The quantitative estimate of drug-likeness (QED) is 0.882. The van der Waals surface area contributed by atoms with E-state index < -0.39 is 17.3 Å². The molecule has 0 bridgehead atoms. The van der Waals surface area contributed by atoms with Crippen molar-refractivity contribution < 1.29 is 14.3 Å². The van der Waals surface area contributed by atoms with Gasteiger partial charge in [-0.25, -0.2) is 9.18 Å². The highest BCUT2D eigenvalue weighted by Gasteiger charge is 2.35. The first-order chi connectivity index (χ1) is 9.02. The average molecular weight is 280 g/mol. The molecule has 0 aliphatic rings. The van der Waals surface area contributed by atoms with E-state index in [0.29, 0.717) is 6.54 Å². The number of carboxylic acids is 1. The first-order valence-electron chi connectivity index (χ1n) is 5.64. The fourth-order valence-electron chi connectivity index (χ4n) is 1.66. The molecular weight excluding hydrogens is 267 g/mol. The number of nitrogens with zero attached hydrogens (tertiary/aromatic N) is 1. The summed E-state index contributed by atoms with van der Waals surface area (Å²) in [6.45, 7) is 1.90. The standard InChI is InChI=1S/C13H13FN2O2S/c1-13(12(17)18,9-5-10(14)7-15-6-9)16-8-11-3-2-4-19-11/h2-7,16H,8H2,1H3,(H,17,18). The minimum absolute atomic E-state index is 0.288. The molecule has 2 aromatic heterocycles. The van der Waals surface area contributed by atoms with Crippen molar-refractivity contribution in [1.29, 1.82) is 0 Å². The number of aromatic nitrogens is 1. The zero-order chi connectivity index (χ0) is 13.9. The minimum Gasteiger partial charge on any atom is -0.480 e. The van der Waals surface area contributed by atoms with E-state index in [-0.39, 0.29) is 5.56 Å². The van der Waals surface area contributed by atoms with E-state index in [1.54, 1.807) is 0 Å². The van der Waals surface area contributed by atoms with Crippen LogP contribution in [0, 0.1) is 5.82 Å². The molecule has 0 spiro atoms. The molecule has 6 heteroatoms. The van der Waals surface area contributed by atoms with Crippen molar-refractivity contribution in [3.05, 3.63) is 52.2 Å². The second kappa shape index (κ2) is 5.46. The highest BCUT2D eigenvalue weighted by molar-refractivity contribution is 7.09. The average Bonchev–Trinajstić information content (AvgIpc) is 2.88. The maximum Gasteiger partial charge on any atom is 0.328 e. The molecule has 2 aromatic rings. The molecule has 2 rings (SSSR count). The highest BCUT2D eigenvalue weighted by atomic mass is 32.1. The summed E-state index contributed by atoms with van der Waals surface area (Å²) in [5, 5.41) is 14.3. The van der Waals surface area contributed by atoms with Gasteiger partial charge in [0.2, 0.25) is 0 Å². The van der Waals surface area contributed by atoms with Gasteiger partial charge in [-0.1, -0.05) is 6.07 Å². The lowest BCUT2D eigenvalue weighted by Gasteiger charge is -2.26. The monoisotopic (exact) mass is 280 g/mol. The zero-order valence-corrected chi connectivity index (χ0v) is 11.1. The van der Waals surface area contributed by atoms with Gasteiger partial charge >= 0.3 is 5.97 Å². The van der Waals surface area contributed by atoms with E-state index in [0.717, 1.165) is 11.1 Å². The third-order valence-corrected chi connectivity index (χ3v) is 3.78. The van der Waals surface area contributed by atoms with E-state index in [2.05, 4.69) is 10.3 Å². The molecule has 1 unspecified atom stereocenters. The Labute approximate surface area is 113 Å². The van der Waals surface area contributed by atoms with Gasteiger partial charge in [0.1, 0.15) is 11.4 Å². The Kier molecular flexibility index (Phi) is 3.92. The largest absolute Gasteiger partial charge is 0.480 e. The van der Waals surface area contributed by atoms with Crippen LogP contribution in [0.25, 0.3) is 0 Å². The first-order valence-corrected chi connectivity index (χ1v) is 6.52. The number of pyridine rings is 1. The smallest absolute Gasteiger partial charge is 0.328 e. The summed E-state index contributed by atoms with van der Waals surface area (Å²) in [4.78, 5) is 16.2. The van der Waals surface area contributed by atoms with Crippen LogP contribution in [0.1, 0.15) is 17.4 Å². The van der Waals surface area contributed by atoms with Crippen molar-refractivity contribution in [2.75, 3.05) is 0 Å². The molecule has 0 radical (unpaired) electrons. The van der Waals surface area contributed by atoms with Gasteiger partial charge in [-0.15, -0.1) is 11.3 Å². The lowest BCUT2D eigenvalue weighted by atomic mass is 9.93. The summed E-state index contributed by atoms with van der Waals surface area (Å²) in [6.07, 6.45) is 2.41. The van der Waals surface area contributed by atoms with Gasteiger partial charge in [0.15, 0.2) is 0 Å². The fourth-order valence-corrected chi connectivity index (χ4v) is 2.31. The van der Waals surface area contributed by atoms with Crippen molar-refractivity contribution in [2.45, 2.75) is 19.0 Å². The summed E-state index contributed by atoms with van der Waals surface area (Å²) >= 11 is 1.53. The Bertz CT molecular complexity index is 574. The van der Waals surface area contributed by atoms with Crippen molar-refractivity contribution in [2.24, 2.45) is 0 Å². The molecule has 2 N–H and O–H groups in total. The molecule has 0 saturated heterocycles. The number of halogens is 1. The second-order valence-electron chi connectivity index (χ2n) is 4.25. The zero-order valence-electron chi connectivity index (χ0n) is 10.3. The highest BCUT2D eigenvalue weighted by Crippen LogP contribution is 2.22.